The molecular formula is C14H19NS. The Morgan fingerprint density at radius 2 is 2.00 bits per heavy atom. The zero-order chi connectivity index (χ0) is 11.6. The number of benzene rings is 1. The molecule has 2 heteroatoms. The van der Waals surface area contributed by atoms with Crippen LogP contribution in [0.2, 0.25) is 0 Å². The van der Waals surface area contributed by atoms with Gasteiger partial charge in [-0.1, -0.05) is 18.2 Å². The summed E-state index contributed by atoms with van der Waals surface area (Å²) in [5, 5.41) is 3.70. The van der Waals surface area contributed by atoms with E-state index in [4.69, 9.17) is 5.73 Å². The Bertz CT molecular complexity index is 465. The molecule has 0 amide bonds. The number of nitrogens with two attached hydrogens (primary N) is 1. The molecule has 2 rings (SSSR count). The molecule has 1 nitrogen and oxygen atoms in total. The first-order valence-corrected chi connectivity index (χ1v) is 6.68. The van der Waals surface area contributed by atoms with E-state index in [0.717, 1.165) is 12.8 Å². The lowest BCUT2D eigenvalue weighted by Gasteiger charge is -2.17. The summed E-state index contributed by atoms with van der Waals surface area (Å²) in [6.07, 6.45) is 3.39. The van der Waals surface area contributed by atoms with Crippen LogP contribution in [-0.2, 0) is 6.42 Å². The normalized spacial score (nSPS) is 12.2. The van der Waals surface area contributed by atoms with E-state index in [2.05, 4.69) is 43.5 Å². The maximum Gasteiger partial charge on any atom is 0.0345 e. The number of rotatable bonds is 4. The number of hydrogen-bond acceptors (Lipinski definition) is 2. The molecule has 2 aromatic rings. The SMILES string of the molecule is CC(C)(N)CCCc1csc2ccccc12. The minimum atomic E-state index is -0.0359. The molecule has 86 valence electrons. The Labute approximate surface area is 101 Å². The van der Waals surface area contributed by atoms with Gasteiger partial charge in [0.05, 0.1) is 0 Å². The van der Waals surface area contributed by atoms with Crippen LogP contribution in [0.1, 0.15) is 32.3 Å². The fourth-order valence-electron chi connectivity index (χ4n) is 1.96. The third kappa shape index (κ3) is 2.83. The summed E-state index contributed by atoms with van der Waals surface area (Å²) < 4.78 is 1.39. The average molecular weight is 233 g/mol. The molecule has 1 aromatic heterocycles. The van der Waals surface area contributed by atoms with Gasteiger partial charge in [-0.15, -0.1) is 11.3 Å². The average Bonchev–Trinajstić information content (AvgIpc) is 2.60. The van der Waals surface area contributed by atoms with Gasteiger partial charge in [-0.2, -0.15) is 0 Å². The second-order valence-electron chi connectivity index (χ2n) is 5.10. The van der Waals surface area contributed by atoms with Crippen LogP contribution in [0.15, 0.2) is 29.6 Å². The van der Waals surface area contributed by atoms with E-state index in [9.17, 15) is 0 Å². The van der Waals surface area contributed by atoms with Crippen molar-refractivity contribution < 1.29 is 0 Å². The molecule has 0 aliphatic heterocycles. The summed E-state index contributed by atoms with van der Waals surface area (Å²) in [6, 6.07) is 8.63. The van der Waals surface area contributed by atoms with Crippen LogP contribution in [0.3, 0.4) is 0 Å². The van der Waals surface area contributed by atoms with Crippen molar-refractivity contribution in [3.63, 3.8) is 0 Å². The second kappa shape index (κ2) is 4.56. The molecular weight excluding hydrogens is 214 g/mol. The topological polar surface area (TPSA) is 26.0 Å². The highest BCUT2D eigenvalue weighted by Crippen LogP contribution is 2.27. The maximum atomic E-state index is 5.99. The summed E-state index contributed by atoms with van der Waals surface area (Å²) in [6.45, 7) is 4.19. The van der Waals surface area contributed by atoms with E-state index in [0.29, 0.717) is 0 Å². The van der Waals surface area contributed by atoms with Gasteiger partial charge in [-0.25, -0.2) is 0 Å². The first-order chi connectivity index (χ1) is 7.56. The summed E-state index contributed by atoms with van der Waals surface area (Å²) in [7, 11) is 0. The highest BCUT2D eigenvalue weighted by molar-refractivity contribution is 7.17. The fourth-order valence-corrected chi connectivity index (χ4v) is 2.96. The Kier molecular flexibility index (Phi) is 3.31. The maximum absolute atomic E-state index is 5.99. The van der Waals surface area contributed by atoms with Crippen molar-refractivity contribution in [1.82, 2.24) is 0 Å². The van der Waals surface area contributed by atoms with Crippen LogP contribution in [0, 0.1) is 0 Å². The van der Waals surface area contributed by atoms with E-state index in [-0.39, 0.29) is 5.54 Å². The van der Waals surface area contributed by atoms with Crippen LogP contribution < -0.4 is 5.73 Å². The molecule has 0 radical (unpaired) electrons. The Balaban J connectivity index is 2.05. The van der Waals surface area contributed by atoms with Gasteiger partial charge >= 0.3 is 0 Å². The second-order valence-corrected chi connectivity index (χ2v) is 6.01. The lowest BCUT2D eigenvalue weighted by Crippen LogP contribution is -2.31. The number of aryl methyl sites for hydroxylation is 1. The molecule has 0 atom stereocenters. The van der Waals surface area contributed by atoms with Crippen molar-refractivity contribution in [2.45, 2.75) is 38.6 Å². The van der Waals surface area contributed by atoms with Gasteiger partial charge in [0.15, 0.2) is 0 Å². The van der Waals surface area contributed by atoms with Crippen LogP contribution in [-0.4, -0.2) is 5.54 Å². The van der Waals surface area contributed by atoms with Gasteiger partial charge in [0.2, 0.25) is 0 Å². The van der Waals surface area contributed by atoms with Crippen molar-refractivity contribution in [1.29, 1.82) is 0 Å². The molecule has 1 aromatic carbocycles. The molecule has 2 N–H and O–H groups in total. The van der Waals surface area contributed by atoms with Crippen molar-refractivity contribution in [3.05, 3.63) is 35.2 Å². The van der Waals surface area contributed by atoms with Gasteiger partial charge in [-0.3, -0.25) is 0 Å². The number of thiophene rings is 1. The predicted molar refractivity (Wildman–Crippen MR) is 73.0 cm³/mol. The molecule has 0 unspecified atom stereocenters. The first-order valence-electron chi connectivity index (χ1n) is 5.80. The highest BCUT2D eigenvalue weighted by Gasteiger charge is 2.10. The van der Waals surface area contributed by atoms with E-state index in [1.54, 1.807) is 0 Å². The Hall–Kier alpha value is -0.860. The molecule has 0 saturated heterocycles. The number of hydrogen-bond donors (Lipinski definition) is 1. The van der Waals surface area contributed by atoms with Crippen LogP contribution >= 0.6 is 11.3 Å². The van der Waals surface area contributed by atoms with E-state index >= 15 is 0 Å². The van der Waals surface area contributed by atoms with Crippen molar-refractivity contribution in [2.75, 3.05) is 0 Å². The highest BCUT2D eigenvalue weighted by atomic mass is 32.1. The minimum Gasteiger partial charge on any atom is -0.326 e. The number of fused-ring (bicyclic) bond motifs is 1. The predicted octanol–water partition coefficient (Wildman–Crippen LogP) is 3.96. The largest absolute Gasteiger partial charge is 0.326 e. The van der Waals surface area contributed by atoms with Crippen molar-refractivity contribution in [3.8, 4) is 0 Å². The summed E-state index contributed by atoms with van der Waals surface area (Å²) in [5.41, 5.74) is 7.43. The molecule has 0 aliphatic carbocycles. The van der Waals surface area contributed by atoms with Crippen LogP contribution in [0.25, 0.3) is 10.1 Å². The lowest BCUT2D eigenvalue weighted by atomic mass is 9.97. The Morgan fingerprint density at radius 1 is 1.25 bits per heavy atom. The minimum absolute atomic E-state index is 0.0359. The molecule has 1 heterocycles. The third-order valence-corrected chi connectivity index (χ3v) is 3.84. The first kappa shape index (κ1) is 11.6. The summed E-state index contributed by atoms with van der Waals surface area (Å²) >= 11 is 1.84. The quantitative estimate of drug-likeness (QED) is 0.850. The molecule has 0 bridgehead atoms. The van der Waals surface area contributed by atoms with Crippen molar-refractivity contribution >= 4 is 21.4 Å². The van der Waals surface area contributed by atoms with E-state index in [1.165, 1.54) is 22.1 Å². The van der Waals surface area contributed by atoms with Gasteiger partial charge in [0, 0.05) is 10.2 Å². The van der Waals surface area contributed by atoms with Gasteiger partial charge < -0.3 is 5.73 Å². The van der Waals surface area contributed by atoms with E-state index < -0.39 is 0 Å². The zero-order valence-electron chi connectivity index (χ0n) is 9.99. The van der Waals surface area contributed by atoms with E-state index in [1.807, 2.05) is 11.3 Å². The molecule has 0 aliphatic rings. The van der Waals surface area contributed by atoms with Gasteiger partial charge in [0.25, 0.3) is 0 Å². The fraction of sp³-hybridized carbons (Fsp3) is 0.429. The molecule has 0 saturated carbocycles. The monoisotopic (exact) mass is 233 g/mol. The zero-order valence-corrected chi connectivity index (χ0v) is 10.8. The van der Waals surface area contributed by atoms with Crippen LogP contribution in [0.4, 0.5) is 0 Å². The van der Waals surface area contributed by atoms with Gasteiger partial charge in [0.1, 0.15) is 0 Å². The summed E-state index contributed by atoms with van der Waals surface area (Å²) in [4.78, 5) is 0. The lowest BCUT2D eigenvalue weighted by molar-refractivity contribution is 0.459. The molecule has 0 fully saturated rings. The standard InChI is InChI=1S/C14H19NS/c1-14(2,15)9-5-6-11-10-16-13-8-4-3-7-12(11)13/h3-4,7-8,10H,5-6,9,15H2,1-2H3. The smallest absolute Gasteiger partial charge is 0.0345 e. The van der Waals surface area contributed by atoms with Crippen LogP contribution in [0.5, 0.6) is 0 Å². The molecule has 16 heavy (non-hydrogen) atoms. The molecule has 0 spiro atoms. The third-order valence-electron chi connectivity index (χ3n) is 2.83. The Morgan fingerprint density at radius 3 is 2.75 bits per heavy atom. The van der Waals surface area contributed by atoms with Gasteiger partial charge in [-0.05, 0) is 55.5 Å². The van der Waals surface area contributed by atoms with Crippen molar-refractivity contribution in [2.24, 2.45) is 5.73 Å². The summed E-state index contributed by atoms with van der Waals surface area (Å²) in [5.74, 6) is 0.